The zero-order valence-corrected chi connectivity index (χ0v) is 8.99. The number of likely N-dealkylation sites (tertiary alicyclic amines) is 1. The van der Waals surface area contributed by atoms with Crippen molar-refractivity contribution in [3.63, 3.8) is 0 Å². The largest absolute Gasteiger partial charge is 0.384 e. The Morgan fingerprint density at radius 2 is 2.36 bits per heavy atom. The molecule has 1 amide bonds. The lowest BCUT2D eigenvalue weighted by Gasteiger charge is -2.23. The summed E-state index contributed by atoms with van der Waals surface area (Å²) in [6.07, 6.45) is 2.96. The van der Waals surface area contributed by atoms with Crippen LogP contribution in [0, 0.1) is 11.3 Å². The van der Waals surface area contributed by atoms with Crippen LogP contribution in [-0.4, -0.2) is 35.1 Å². The van der Waals surface area contributed by atoms with Crippen LogP contribution in [0.1, 0.15) is 33.1 Å². The molecule has 0 radical (unpaired) electrons. The summed E-state index contributed by atoms with van der Waals surface area (Å²) >= 11 is 0. The summed E-state index contributed by atoms with van der Waals surface area (Å²) in [5, 5.41) is 9.24. The van der Waals surface area contributed by atoms with E-state index in [1.165, 1.54) is 19.3 Å². The highest BCUT2D eigenvalue weighted by Crippen LogP contribution is 2.48. The molecule has 2 fully saturated rings. The van der Waals surface area contributed by atoms with Gasteiger partial charge in [-0.15, -0.1) is 0 Å². The number of hydrogen-bond acceptors (Lipinski definition) is 2. The molecular weight excluding hydrogens is 178 g/mol. The minimum absolute atomic E-state index is 0.0966. The molecule has 1 saturated heterocycles. The number of carbonyl (C=O) groups is 1. The van der Waals surface area contributed by atoms with Gasteiger partial charge in [0.2, 0.25) is 0 Å². The predicted octanol–water partition coefficient (Wildman–Crippen LogP) is 1.02. The minimum Gasteiger partial charge on any atom is -0.384 e. The quantitative estimate of drug-likeness (QED) is 0.681. The Bertz CT molecular complexity index is 252. The molecule has 2 aliphatic rings. The fourth-order valence-corrected chi connectivity index (χ4v) is 3.02. The van der Waals surface area contributed by atoms with Crippen molar-refractivity contribution in [3.05, 3.63) is 0 Å². The number of aliphatic hydroxyl groups is 1. The smallest absolute Gasteiger partial charge is 0.251 e. The normalized spacial score (nSPS) is 38.5. The fraction of sp³-hybridized carbons (Fsp3) is 0.909. The van der Waals surface area contributed by atoms with Gasteiger partial charge >= 0.3 is 0 Å². The van der Waals surface area contributed by atoms with E-state index in [0.717, 1.165) is 13.1 Å². The predicted molar refractivity (Wildman–Crippen MR) is 53.7 cm³/mol. The van der Waals surface area contributed by atoms with Crippen LogP contribution in [0.2, 0.25) is 0 Å². The third-order valence-electron chi connectivity index (χ3n) is 3.95. The van der Waals surface area contributed by atoms with E-state index in [9.17, 15) is 9.90 Å². The van der Waals surface area contributed by atoms with E-state index in [0.29, 0.717) is 11.3 Å². The maximum atomic E-state index is 11.6. The van der Waals surface area contributed by atoms with Gasteiger partial charge in [0.25, 0.3) is 5.91 Å². The molecule has 0 aromatic heterocycles. The molecule has 0 bridgehead atoms. The molecule has 1 saturated carbocycles. The molecule has 0 spiro atoms. The van der Waals surface area contributed by atoms with Gasteiger partial charge in [0, 0.05) is 13.1 Å². The summed E-state index contributed by atoms with van der Waals surface area (Å²) in [6, 6.07) is 0. The molecule has 14 heavy (non-hydrogen) atoms. The van der Waals surface area contributed by atoms with E-state index in [1.54, 1.807) is 6.92 Å². The molecule has 3 nitrogen and oxygen atoms in total. The Morgan fingerprint density at radius 1 is 1.64 bits per heavy atom. The zero-order valence-electron chi connectivity index (χ0n) is 8.99. The van der Waals surface area contributed by atoms with Crippen LogP contribution in [-0.2, 0) is 4.79 Å². The van der Waals surface area contributed by atoms with Crippen LogP contribution in [0.25, 0.3) is 0 Å². The first-order chi connectivity index (χ1) is 6.53. The molecule has 1 aliphatic heterocycles. The maximum Gasteiger partial charge on any atom is 0.251 e. The number of hydrogen-bond donors (Lipinski definition) is 1. The molecule has 0 aromatic carbocycles. The second-order valence-electron chi connectivity index (χ2n) is 5.14. The van der Waals surface area contributed by atoms with Gasteiger partial charge in [-0.2, -0.15) is 0 Å². The van der Waals surface area contributed by atoms with Crippen molar-refractivity contribution in [2.45, 2.75) is 39.2 Å². The molecule has 1 heterocycles. The van der Waals surface area contributed by atoms with Gasteiger partial charge in [0.15, 0.2) is 0 Å². The summed E-state index contributed by atoms with van der Waals surface area (Å²) in [6.45, 7) is 5.54. The Balaban J connectivity index is 2.05. The van der Waals surface area contributed by atoms with Crippen molar-refractivity contribution in [1.29, 1.82) is 0 Å². The minimum atomic E-state index is -0.836. The van der Waals surface area contributed by atoms with Crippen LogP contribution in [0.4, 0.5) is 0 Å². The first kappa shape index (κ1) is 9.97. The number of rotatable bonds is 1. The van der Waals surface area contributed by atoms with Crippen LogP contribution >= 0.6 is 0 Å². The lowest BCUT2D eigenvalue weighted by molar-refractivity contribution is -0.138. The Hall–Kier alpha value is -0.570. The molecule has 2 rings (SSSR count). The lowest BCUT2D eigenvalue weighted by Crippen LogP contribution is -2.37. The van der Waals surface area contributed by atoms with E-state index < -0.39 is 6.10 Å². The van der Waals surface area contributed by atoms with Crippen molar-refractivity contribution < 1.29 is 9.90 Å². The summed E-state index contributed by atoms with van der Waals surface area (Å²) in [4.78, 5) is 13.4. The van der Waals surface area contributed by atoms with Crippen LogP contribution in [0.15, 0.2) is 0 Å². The van der Waals surface area contributed by atoms with Crippen LogP contribution in [0.3, 0.4) is 0 Å². The van der Waals surface area contributed by atoms with Gasteiger partial charge in [0.1, 0.15) is 6.10 Å². The maximum absolute atomic E-state index is 11.6. The number of amides is 1. The molecule has 3 atom stereocenters. The highest BCUT2D eigenvalue weighted by Gasteiger charge is 2.47. The van der Waals surface area contributed by atoms with E-state index in [4.69, 9.17) is 0 Å². The average Bonchev–Trinajstić information content (AvgIpc) is 2.57. The molecule has 1 unspecified atom stereocenters. The van der Waals surface area contributed by atoms with E-state index in [-0.39, 0.29) is 5.91 Å². The first-order valence-electron chi connectivity index (χ1n) is 5.50. The third kappa shape index (κ3) is 1.44. The van der Waals surface area contributed by atoms with Crippen molar-refractivity contribution in [2.24, 2.45) is 11.3 Å². The van der Waals surface area contributed by atoms with E-state index in [1.807, 2.05) is 4.90 Å². The highest BCUT2D eigenvalue weighted by atomic mass is 16.3. The SMILES string of the molecule is CC(O)C(=O)N1C[C@@H]2CCC[C@]2(C)C1. The Kier molecular flexibility index (Phi) is 2.30. The van der Waals surface area contributed by atoms with E-state index >= 15 is 0 Å². The first-order valence-corrected chi connectivity index (χ1v) is 5.50. The van der Waals surface area contributed by atoms with Crippen LogP contribution < -0.4 is 0 Å². The summed E-state index contributed by atoms with van der Waals surface area (Å²) in [5.74, 6) is 0.575. The lowest BCUT2D eigenvalue weighted by atomic mass is 9.83. The van der Waals surface area contributed by atoms with Crippen molar-refractivity contribution in [2.75, 3.05) is 13.1 Å². The van der Waals surface area contributed by atoms with Gasteiger partial charge in [-0.3, -0.25) is 4.79 Å². The third-order valence-corrected chi connectivity index (χ3v) is 3.95. The summed E-state index contributed by atoms with van der Waals surface area (Å²) < 4.78 is 0. The van der Waals surface area contributed by atoms with Crippen molar-refractivity contribution in [3.8, 4) is 0 Å². The topological polar surface area (TPSA) is 40.5 Å². The summed E-state index contributed by atoms with van der Waals surface area (Å²) in [5.41, 5.74) is 0.338. The Morgan fingerprint density at radius 3 is 2.93 bits per heavy atom. The second-order valence-corrected chi connectivity index (χ2v) is 5.14. The molecule has 1 aliphatic carbocycles. The van der Waals surface area contributed by atoms with E-state index in [2.05, 4.69) is 6.92 Å². The molecule has 0 aromatic rings. The number of carbonyl (C=O) groups excluding carboxylic acids is 1. The monoisotopic (exact) mass is 197 g/mol. The molecule has 1 N–H and O–H groups in total. The second kappa shape index (κ2) is 3.23. The molecule has 80 valence electrons. The number of aliphatic hydroxyl groups excluding tert-OH is 1. The molecule has 3 heteroatoms. The summed E-state index contributed by atoms with van der Waals surface area (Å²) in [7, 11) is 0. The van der Waals surface area contributed by atoms with Gasteiger partial charge < -0.3 is 10.0 Å². The number of nitrogens with zero attached hydrogens (tertiary/aromatic N) is 1. The van der Waals surface area contributed by atoms with Gasteiger partial charge in [-0.1, -0.05) is 13.3 Å². The number of fused-ring (bicyclic) bond motifs is 1. The van der Waals surface area contributed by atoms with Crippen LogP contribution in [0.5, 0.6) is 0 Å². The highest BCUT2D eigenvalue weighted by molar-refractivity contribution is 5.80. The van der Waals surface area contributed by atoms with Gasteiger partial charge in [-0.25, -0.2) is 0 Å². The van der Waals surface area contributed by atoms with Gasteiger partial charge in [0.05, 0.1) is 0 Å². The zero-order chi connectivity index (χ0) is 10.3. The Labute approximate surface area is 85.1 Å². The fourth-order valence-electron chi connectivity index (χ4n) is 3.02. The van der Waals surface area contributed by atoms with Crippen molar-refractivity contribution >= 4 is 5.91 Å². The van der Waals surface area contributed by atoms with Crippen molar-refractivity contribution in [1.82, 2.24) is 4.90 Å². The standard InChI is InChI=1S/C11H19NO2/c1-8(13)10(14)12-6-9-4-3-5-11(9,2)7-12/h8-9,13H,3-7H2,1-2H3/t8?,9-,11+/m0/s1. The molecular formula is C11H19NO2. The van der Waals surface area contributed by atoms with Gasteiger partial charge in [-0.05, 0) is 31.1 Å². The average molecular weight is 197 g/mol.